The van der Waals surface area contributed by atoms with Gasteiger partial charge in [-0.15, -0.1) is 0 Å². The molecule has 0 aliphatic carbocycles. The summed E-state index contributed by atoms with van der Waals surface area (Å²) in [6.07, 6.45) is 7.34. The number of nitrogens with one attached hydrogen (secondary N) is 1. The molecule has 6 heterocycles. The molecule has 0 radical (unpaired) electrons. The number of aliphatic carboxylic acids is 1. The Hall–Kier alpha value is -5.36. The van der Waals surface area contributed by atoms with Gasteiger partial charge in [0.15, 0.2) is 5.82 Å². The molecule has 8 rings (SSSR count). The summed E-state index contributed by atoms with van der Waals surface area (Å²) in [7, 11) is 0. The average molecular weight is 858 g/mol. The number of piperidine rings is 1. The van der Waals surface area contributed by atoms with Gasteiger partial charge in [-0.25, -0.2) is 27.6 Å². The standard InChI is InChI=1S/C44H49F3N8O5S/c1-27(2)39(44(57)58)31-19-34(23-48-21-31)53-17-15-51(16-18-53)25-28-9-12-52(13-10-28)33-5-3-29(4-6-33)30-20-35-36(24-50-43(35)49-22-30)42(56)40-37(46)7-8-38(41(40)47)55(61(59)60)54-14-11-32(45)26-54/h3-8,19-24,27-28,32,39H,9-18,25-26H2,1-2H3,(H,49,50)(H,57,58)(H,59,60)/p-1/t32-,39?/m1/s1. The Balaban J connectivity index is 0.885. The number of hydrazine groups is 1. The van der Waals surface area contributed by atoms with E-state index in [9.17, 15) is 27.8 Å². The highest BCUT2D eigenvalue weighted by Crippen LogP contribution is 2.34. The lowest BCUT2D eigenvalue weighted by atomic mass is 9.89. The first-order valence-electron chi connectivity index (χ1n) is 20.6. The minimum Gasteiger partial charge on any atom is -0.754 e. The zero-order valence-electron chi connectivity index (χ0n) is 34.0. The third kappa shape index (κ3) is 8.87. The Kier molecular flexibility index (Phi) is 12.4. The van der Waals surface area contributed by atoms with Crippen molar-refractivity contribution in [2.45, 2.75) is 45.2 Å². The smallest absolute Gasteiger partial charge is 0.311 e. The molecule has 2 unspecified atom stereocenters. The molecule has 3 saturated heterocycles. The number of rotatable bonds is 13. The van der Waals surface area contributed by atoms with Crippen molar-refractivity contribution in [3.8, 4) is 11.1 Å². The predicted octanol–water partition coefficient (Wildman–Crippen LogP) is 6.56. The number of aromatic nitrogens is 3. The number of hydrogen-bond donors (Lipinski definition) is 2. The number of carbonyl (C=O) groups is 2. The van der Waals surface area contributed by atoms with E-state index in [2.05, 4.69) is 41.8 Å². The molecular weight excluding hydrogens is 810 g/mol. The number of aromatic amines is 1. The third-order valence-electron chi connectivity index (χ3n) is 12.3. The van der Waals surface area contributed by atoms with Crippen molar-refractivity contribution >= 4 is 51.1 Å². The molecule has 3 aliphatic heterocycles. The van der Waals surface area contributed by atoms with Crippen LogP contribution in [0.5, 0.6) is 0 Å². The molecule has 0 amide bonds. The number of benzene rings is 2. The molecule has 3 atom stereocenters. The maximum Gasteiger partial charge on any atom is 0.311 e. The van der Waals surface area contributed by atoms with Crippen molar-refractivity contribution < 1.29 is 36.6 Å². The lowest BCUT2D eigenvalue weighted by Crippen LogP contribution is -2.49. The highest BCUT2D eigenvalue weighted by molar-refractivity contribution is 7.80. The quantitative estimate of drug-likeness (QED) is 0.0979. The Labute approximate surface area is 354 Å². The van der Waals surface area contributed by atoms with Gasteiger partial charge in [-0.1, -0.05) is 26.0 Å². The van der Waals surface area contributed by atoms with E-state index in [1.165, 1.54) is 6.20 Å². The van der Waals surface area contributed by atoms with Crippen LogP contribution in [-0.2, 0) is 16.1 Å². The minimum absolute atomic E-state index is 0.000776. The zero-order chi connectivity index (χ0) is 42.9. The Morgan fingerprint density at radius 1 is 0.918 bits per heavy atom. The Morgan fingerprint density at radius 3 is 2.30 bits per heavy atom. The van der Waals surface area contributed by atoms with Gasteiger partial charge in [0.05, 0.1) is 41.2 Å². The summed E-state index contributed by atoms with van der Waals surface area (Å²) in [5.74, 6) is -4.40. The van der Waals surface area contributed by atoms with Crippen LogP contribution in [0, 0.1) is 23.5 Å². The molecule has 5 aromatic rings. The molecule has 2 aromatic carbocycles. The summed E-state index contributed by atoms with van der Waals surface area (Å²) in [5, 5.41) is 11.2. The second-order valence-corrected chi connectivity index (χ2v) is 17.3. The van der Waals surface area contributed by atoms with Crippen molar-refractivity contribution in [2.75, 3.05) is 73.1 Å². The number of alkyl halides is 1. The monoisotopic (exact) mass is 857 g/mol. The number of piperazine rings is 1. The second-order valence-electron chi connectivity index (χ2n) is 16.5. The maximum absolute atomic E-state index is 16.0. The normalized spacial score (nSPS) is 19.2. The number of nitrogens with zero attached hydrogens (tertiary/aromatic N) is 7. The van der Waals surface area contributed by atoms with E-state index in [1.54, 1.807) is 18.5 Å². The Bertz CT molecular complexity index is 2420. The summed E-state index contributed by atoms with van der Waals surface area (Å²) < 4.78 is 70.0. The molecule has 3 fully saturated rings. The molecule has 0 bridgehead atoms. The summed E-state index contributed by atoms with van der Waals surface area (Å²) in [4.78, 5) is 44.7. The van der Waals surface area contributed by atoms with Crippen LogP contribution in [0.4, 0.5) is 30.2 Å². The highest BCUT2D eigenvalue weighted by Gasteiger charge is 2.33. The van der Waals surface area contributed by atoms with Crippen molar-refractivity contribution in [3.05, 3.63) is 102 Å². The first-order chi connectivity index (χ1) is 29.4. The van der Waals surface area contributed by atoms with Crippen LogP contribution in [0.15, 0.2) is 73.3 Å². The van der Waals surface area contributed by atoms with Crippen LogP contribution in [0.25, 0.3) is 22.2 Å². The number of fused-ring (bicyclic) bond motifs is 1. The van der Waals surface area contributed by atoms with E-state index in [-0.39, 0.29) is 31.0 Å². The number of carboxylic acids is 1. The van der Waals surface area contributed by atoms with Gasteiger partial charge in [-0.05, 0) is 78.6 Å². The van der Waals surface area contributed by atoms with Crippen molar-refractivity contribution in [2.24, 2.45) is 11.8 Å². The van der Waals surface area contributed by atoms with Crippen LogP contribution in [0.3, 0.4) is 0 Å². The number of carboxylic acid groups (broad SMARTS) is 1. The average Bonchev–Trinajstić information content (AvgIpc) is 3.88. The molecule has 3 aromatic heterocycles. The number of carbonyl (C=O) groups excluding carboxylic acids is 1. The first-order valence-corrected chi connectivity index (χ1v) is 21.7. The lowest BCUT2D eigenvalue weighted by Gasteiger charge is -2.40. The fourth-order valence-corrected chi connectivity index (χ4v) is 9.60. The second kappa shape index (κ2) is 17.9. The van der Waals surface area contributed by atoms with E-state index in [4.69, 9.17) is 0 Å². The van der Waals surface area contributed by atoms with Crippen molar-refractivity contribution in [3.63, 3.8) is 0 Å². The number of halogens is 3. The van der Waals surface area contributed by atoms with Crippen LogP contribution in [0.1, 0.15) is 60.5 Å². The summed E-state index contributed by atoms with van der Waals surface area (Å²) in [6, 6.07) is 13.5. The number of anilines is 3. The molecule has 13 nitrogen and oxygen atoms in total. The van der Waals surface area contributed by atoms with Gasteiger partial charge < -0.3 is 24.4 Å². The highest BCUT2D eigenvalue weighted by atomic mass is 32.2. The number of H-pyrrole nitrogens is 1. The molecule has 322 valence electrons. The number of pyridine rings is 2. The van der Waals surface area contributed by atoms with Gasteiger partial charge >= 0.3 is 5.97 Å². The summed E-state index contributed by atoms with van der Waals surface area (Å²) >= 11 is -3.06. The van der Waals surface area contributed by atoms with Gasteiger partial charge in [0.1, 0.15) is 23.3 Å². The van der Waals surface area contributed by atoms with Crippen LogP contribution >= 0.6 is 0 Å². The molecule has 0 spiro atoms. The first kappa shape index (κ1) is 42.3. The van der Waals surface area contributed by atoms with Crippen molar-refractivity contribution in [1.29, 1.82) is 0 Å². The molecule has 3 aliphatic rings. The molecule has 17 heteroatoms. The van der Waals surface area contributed by atoms with E-state index in [0.29, 0.717) is 26.9 Å². The van der Waals surface area contributed by atoms with Gasteiger partial charge in [0.2, 0.25) is 5.78 Å². The minimum atomic E-state index is -3.06. The fraction of sp³-hybridized carbons (Fsp3) is 0.409. The van der Waals surface area contributed by atoms with E-state index < -0.39 is 58.0 Å². The van der Waals surface area contributed by atoms with Gasteiger partial charge in [0.25, 0.3) is 0 Å². The van der Waals surface area contributed by atoms with Crippen molar-refractivity contribution in [1.82, 2.24) is 24.9 Å². The van der Waals surface area contributed by atoms with Crippen LogP contribution in [0.2, 0.25) is 0 Å². The fourth-order valence-electron chi connectivity index (χ4n) is 8.97. The number of ketones is 1. The summed E-state index contributed by atoms with van der Waals surface area (Å²) in [5.41, 5.74) is 3.11. The topological polar surface area (TPSA) is 152 Å². The molecular formula is C44H48F3N8O5S-. The molecule has 0 saturated carbocycles. The molecule has 61 heavy (non-hydrogen) atoms. The maximum atomic E-state index is 16.0. The number of hydrogen-bond acceptors (Lipinski definition) is 10. The van der Waals surface area contributed by atoms with Crippen LogP contribution in [-0.4, -0.2) is 116 Å². The van der Waals surface area contributed by atoms with Crippen LogP contribution < -0.4 is 14.2 Å². The van der Waals surface area contributed by atoms with E-state index in [1.807, 2.05) is 38.2 Å². The Morgan fingerprint density at radius 2 is 1.64 bits per heavy atom. The van der Waals surface area contributed by atoms with E-state index in [0.717, 1.165) is 98.3 Å². The third-order valence-corrected chi connectivity index (χ3v) is 13.0. The zero-order valence-corrected chi connectivity index (χ0v) is 34.8. The SMILES string of the molecule is CC(C)C(C(=O)O)c1cncc(N2CCN(CC3CCN(c4ccc(-c5cnc6[nH]cc(C(=O)c7c(F)ccc(N(N8CC[C@@H](F)C8)S(=O)[O-])c7F)c6c5)cc4)CC3)CC2)c1. The van der Waals surface area contributed by atoms with Gasteiger partial charge in [0, 0.05) is 93.1 Å². The molecule has 2 N–H and O–H groups in total. The van der Waals surface area contributed by atoms with Gasteiger partial charge in [-0.3, -0.25) is 23.7 Å². The predicted molar refractivity (Wildman–Crippen MR) is 227 cm³/mol. The summed E-state index contributed by atoms with van der Waals surface area (Å²) in [6.45, 7) is 10.0. The van der Waals surface area contributed by atoms with E-state index >= 15 is 8.78 Å². The van der Waals surface area contributed by atoms with Gasteiger partial charge in [-0.2, -0.15) is 0 Å². The lowest BCUT2D eigenvalue weighted by molar-refractivity contribution is -0.139. The largest absolute Gasteiger partial charge is 0.754 e.